The van der Waals surface area contributed by atoms with Crippen LogP contribution >= 0.6 is 0 Å². The molecule has 0 spiro atoms. The van der Waals surface area contributed by atoms with Gasteiger partial charge < -0.3 is 15.6 Å². The molecule has 0 aromatic heterocycles. The number of carbonyl (C=O) groups is 1. The predicted molar refractivity (Wildman–Crippen MR) is 36.7 cm³/mol. The lowest BCUT2D eigenvalue weighted by Crippen LogP contribution is -2.08. The number of rotatable bonds is 6. The van der Waals surface area contributed by atoms with E-state index in [1.807, 2.05) is 0 Å². The molecule has 4 heteroatoms. The van der Waals surface area contributed by atoms with Gasteiger partial charge in [-0.2, -0.15) is 0 Å². The van der Waals surface area contributed by atoms with E-state index in [0.29, 0.717) is 13.2 Å². The standard InChI is InChI=1S/C6H13NO3/c7-3-1-2-4-10-5-6(8)9/h1-5,7H2,(H,8,9). The largest absolute Gasteiger partial charge is 0.480 e. The number of aliphatic carboxylic acids is 1. The molecule has 0 saturated heterocycles. The summed E-state index contributed by atoms with van der Waals surface area (Å²) in [5.74, 6) is -0.923. The molecular weight excluding hydrogens is 134 g/mol. The topological polar surface area (TPSA) is 72.5 Å². The summed E-state index contributed by atoms with van der Waals surface area (Å²) < 4.78 is 4.74. The van der Waals surface area contributed by atoms with Crippen LogP contribution in [0.5, 0.6) is 0 Å². The van der Waals surface area contributed by atoms with E-state index in [2.05, 4.69) is 0 Å². The van der Waals surface area contributed by atoms with Gasteiger partial charge in [0.15, 0.2) is 0 Å². The third-order valence-electron chi connectivity index (χ3n) is 0.968. The van der Waals surface area contributed by atoms with Gasteiger partial charge in [0, 0.05) is 6.61 Å². The van der Waals surface area contributed by atoms with Gasteiger partial charge in [-0.05, 0) is 19.4 Å². The monoisotopic (exact) mass is 147 g/mol. The fourth-order valence-corrected chi connectivity index (χ4v) is 0.508. The highest BCUT2D eigenvalue weighted by atomic mass is 16.5. The minimum atomic E-state index is -0.923. The quantitative estimate of drug-likeness (QED) is 0.511. The van der Waals surface area contributed by atoms with Crippen molar-refractivity contribution in [2.24, 2.45) is 5.73 Å². The highest BCUT2D eigenvalue weighted by Crippen LogP contribution is 1.86. The third-order valence-corrected chi connectivity index (χ3v) is 0.968. The molecule has 0 rings (SSSR count). The number of hydrogen-bond acceptors (Lipinski definition) is 3. The molecule has 3 N–H and O–H groups in total. The van der Waals surface area contributed by atoms with E-state index in [0.717, 1.165) is 12.8 Å². The fourth-order valence-electron chi connectivity index (χ4n) is 0.508. The molecule has 0 amide bonds. The molecule has 0 atom stereocenters. The van der Waals surface area contributed by atoms with Crippen molar-refractivity contribution in [1.82, 2.24) is 0 Å². The van der Waals surface area contributed by atoms with Crippen LogP contribution in [0.25, 0.3) is 0 Å². The molecular formula is C6H13NO3. The first-order valence-corrected chi connectivity index (χ1v) is 3.27. The van der Waals surface area contributed by atoms with E-state index in [4.69, 9.17) is 15.6 Å². The summed E-state index contributed by atoms with van der Waals surface area (Å²) in [6, 6.07) is 0. The SMILES string of the molecule is NCCCCOCC(=O)O. The van der Waals surface area contributed by atoms with Crippen molar-refractivity contribution in [2.75, 3.05) is 19.8 Å². The lowest BCUT2D eigenvalue weighted by molar-refractivity contribution is -0.142. The maximum Gasteiger partial charge on any atom is 0.329 e. The van der Waals surface area contributed by atoms with Crippen molar-refractivity contribution >= 4 is 5.97 Å². The van der Waals surface area contributed by atoms with Gasteiger partial charge in [0.05, 0.1) is 0 Å². The molecule has 0 heterocycles. The molecule has 60 valence electrons. The molecule has 0 radical (unpaired) electrons. The minimum Gasteiger partial charge on any atom is -0.480 e. The molecule has 0 aliphatic rings. The molecule has 0 unspecified atom stereocenters. The molecule has 0 fully saturated rings. The van der Waals surface area contributed by atoms with Crippen molar-refractivity contribution in [1.29, 1.82) is 0 Å². The molecule has 10 heavy (non-hydrogen) atoms. The Labute approximate surface area is 60.0 Å². The van der Waals surface area contributed by atoms with Crippen molar-refractivity contribution < 1.29 is 14.6 Å². The van der Waals surface area contributed by atoms with Crippen LogP contribution in [0.3, 0.4) is 0 Å². The lowest BCUT2D eigenvalue weighted by atomic mass is 10.3. The van der Waals surface area contributed by atoms with Crippen LogP contribution < -0.4 is 5.73 Å². The van der Waals surface area contributed by atoms with Crippen molar-refractivity contribution in [3.8, 4) is 0 Å². The number of hydrogen-bond donors (Lipinski definition) is 2. The minimum absolute atomic E-state index is 0.204. The van der Waals surface area contributed by atoms with E-state index in [1.165, 1.54) is 0 Å². The third kappa shape index (κ3) is 7.39. The molecule has 0 bridgehead atoms. The zero-order valence-corrected chi connectivity index (χ0v) is 5.88. The maximum absolute atomic E-state index is 9.88. The van der Waals surface area contributed by atoms with Crippen LogP contribution in [0, 0.1) is 0 Å². The number of nitrogens with two attached hydrogens (primary N) is 1. The smallest absolute Gasteiger partial charge is 0.329 e. The number of carboxylic acids is 1. The van der Waals surface area contributed by atoms with E-state index >= 15 is 0 Å². The Morgan fingerprint density at radius 2 is 2.20 bits per heavy atom. The molecule has 0 aromatic carbocycles. The van der Waals surface area contributed by atoms with Crippen molar-refractivity contribution in [3.05, 3.63) is 0 Å². The summed E-state index contributed by atoms with van der Waals surface area (Å²) in [5.41, 5.74) is 5.20. The number of unbranched alkanes of at least 4 members (excludes halogenated alkanes) is 1. The summed E-state index contributed by atoms with van der Waals surface area (Å²) >= 11 is 0. The Morgan fingerprint density at radius 1 is 1.50 bits per heavy atom. The molecule has 0 aliphatic carbocycles. The van der Waals surface area contributed by atoms with Gasteiger partial charge in [0.1, 0.15) is 6.61 Å². The van der Waals surface area contributed by atoms with Gasteiger partial charge >= 0.3 is 5.97 Å². The average Bonchev–Trinajstić information content (AvgIpc) is 1.87. The highest BCUT2D eigenvalue weighted by Gasteiger charge is 1.94. The zero-order chi connectivity index (χ0) is 7.82. The first kappa shape index (κ1) is 9.39. The first-order valence-electron chi connectivity index (χ1n) is 3.27. The first-order chi connectivity index (χ1) is 4.77. The fraction of sp³-hybridized carbons (Fsp3) is 0.833. The molecule has 4 nitrogen and oxygen atoms in total. The Kier molecular flexibility index (Phi) is 6.11. The summed E-state index contributed by atoms with van der Waals surface area (Å²) in [6.45, 7) is 0.921. The summed E-state index contributed by atoms with van der Waals surface area (Å²) in [5, 5.41) is 8.12. The van der Waals surface area contributed by atoms with Gasteiger partial charge in [0.25, 0.3) is 0 Å². The van der Waals surface area contributed by atoms with Gasteiger partial charge in [-0.25, -0.2) is 4.79 Å². The van der Waals surface area contributed by atoms with E-state index < -0.39 is 5.97 Å². The van der Waals surface area contributed by atoms with Crippen LogP contribution in [-0.2, 0) is 9.53 Å². The van der Waals surface area contributed by atoms with Crippen LogP contribution in [0.2, 0.25) is 0 Å². The summed E-state index contributed by atoms with van der Waals surface area (Å²) in [4.78, 5) is 9.88. The van der Waals surface area contributed by atoms with E-state index in [9.17, 15) is 4.79 Å². The Balaban J connectivity index is 2.84. The van der Waals surface area contributed by atoms with Crippen LogP contribution in [0.4, 0.5) is 0 Å². The van der Waals surface area contributed by atoms with Gasteiger partial charge in [-0.3, -0.25) is 0 Å². The number of carboxylic acid groups (broad SMARTS) is 1. The zero-order valence-electron chi connectivity index (χ0n) is 5.88. The summed E-state index contributed by atoms with van der Waals surface area (Å²) in [6.07, 6.45) is 1.73. The van der Waals surface area contributed by atoms with Gasteiger partial charge in [-0.1, -0.05) is 0 Å². The second kappa shape index (κ2) is 6.51. The predicted octanol–water partition coefficient (Wildman–Crippen LogP) is -0.173. The molecule has 0 aliphatic heterocycles. The van der Waals surface area contributed by atoms with Gasteiger partial charge in [-0.15, -0.1) is 0 Å². The summed E-state index contributed by atoms with van der Waals surface area (Å²) in [7, 11) is 0. The number of ether oxygens (including phenoxy) is 1. The van der Waals surface area contributed by atoms with E-state index in [-0.39, 0.29) is 6.61 Å². The normalized spacial score (nSPS) is 9.70. The molecule has 0 aromatic rings. The van der Waals surface area contributed by atoms with Crippen molar-refractivity contribution in [3.63, 3.8) is 0 Å². The Morgan fingerprint density at radius 3 is 2.70 bits per heavy atom. The second-order valence-electron chi connectivity index (χ2n) is 1.94. The van der Waals surface area contributed by atoms with Crippen molar-refractivity contribution in [2.45, 2.75) is 12.8 Å². The second-order valence-corrected chi connectivity index (χ2v) is 1.94. The Hall–Kier alpha value is -0.610. The molecule has 0 saturated carbocycles. The van der Waals surface area contributed by atoms with Crippen LogP contribution in [0.15, 0.2) is 0 Å². The Bertz CT molecular complexity index is 95.0. The lowest BCUT2D eigenvalue weighted by Gasteiger charge is -1.98. The maximum atomic E-state index is 9.88. The van der Waals surface area contributed by atoms with E-state index in [1.54, 1.807) is 0 Å². The van der Waals surface area contributed by atoms with Crippen LogP contribution in [0.1, 0.15) is 12.8 Å². The van der Waals surface area contributed by atoms with Crippen LogP contribution in [-0.4, -0.2) is 30.8 Å². The van der Waals surface area contributed by atoms with Gasteiger partial charge in [0.2, 0.25) is 0 Å². The highest BCUT2D eigenvalue weighted by molar-refractivity contribution is 5.67. The average molecular weight is 147 g/mol.